The zero-order valence-electron chi connectivity index (χ0n) is 11.8. The van der Waals surface area contributed by atoms with Crippen molar-refractivity contribution < 1.29 is 9.90 Å². The molecule has 2 heterocycles. The maximum atomic E-state index is 12.2. The van der Waals surface area contributed by atoms with Crippen LogP contribution in [0.5, 0.6) is 0 Å². The number of pyridine rings is 1. The number of aliphatic hydroxyl groups is 1. The first-order valence-corrected chi connectivity index (χ1v) is 7.21. The molecular weight excluding hydrogens is 278 g/mol. The average Bonchev–Trinajstić information content (AvgIpc) is 2.43. The third-order valence-electron chi connectivity index (χ3n) is 3.69. The summed E-state index contributed by atoms with van der Waals surface area (Å²) in [5.74, 6) is 0.152. The van der Waals surface area contributed by atoms with Crippen molar-refractivity contribution in [3.63, 3.8) is 0 Å². The number of halogens is 1. The predicted molar refractivity (Wildman–Crippen MR) is 79.0 cm³/mol. The van der Waals surface area contributed by atoms with Crippen LogP contribution in [-0.4, -0.2) is 40.2 Å². The Labute approximate surface area is 123 Å². The monoisotopic (exact) mass is 297 g/mol. The summed E-state index contributed by atoms with van der Waals surface area (Å²) < 4.78 is 0. The van der Waals surface area contributed by atoms with Crippen LogP contribution in [0.2, 0.25) is 5.15 Å². The standard InChI is InChI=1S/C14H20ClN3O2/c1-9-6-12(7-16-13(9)15)17-14(20)18-5-3-4-11(8-18)10(2)19/h6-7,10-11,19H,3-5,8H2,1-2H3,(H,17,20). The molecule has 1 aliphatic rings. The minimum Gasteiger partial charge on any atom is -0.393 e. The molecule has 20 heavy (non-hydrogen) atoms. The molecule has 2 unspecified atom stereocenters. The number of piperidine rings is 1. The number of aliphatic hydroxyl groups excluding tert-OH is 1. The van der Waals surface area contributed by atoms with Gasteiger partial charge in [-0.3, -0.25) is 0 Å². The predicted octanol–water partition coefficient (Wildman–Crippen LogP) is 2.67. The molecule has 1 saturated heterocycles. The molecule has 6 heteroatoms. The molecule has 1 aromatic rings. The zero-order valence-corrected chi connectivity index (χ0v) is 12.5. The molecule has 1 aromatic heterocycles. The molecule has 1 aliphatic heterocycles. The van der Waals surface area contributed by atoms with Crippen molar-refractivity contribution in [3.8, 4) is 0 Å². The summed E-state index contributed by atoms with van der Waals surface area (Å²) in [5, 5.41) is 12.9. The average molecular weight is 298 g/mol. The Bertz CT molecular complexity index is 493. The van der Waals surface area contributed by atoms with Gasteiger partial charge in [0, 0.05) is 19.0 Å². The normalized spacial score (nSPS) is 20.6. The van der Waals surface area contributed by atoms with Crippen LogP contribution < -0.4 is 5.32 Å². The highest BCUT2D eigenvalue weighted by molar-refractivity contribution is 6.30. The van der Waals surface area contributed by atoms with Crippen molar-refractivity contribution in [3.05, 3.63) is 23.0 Å². The molecule has 2 rings (SSSR count). The van der Waals surface area contributed by atoms with Gasteiger partial charge in [-0.2, -0.15) is 0 Å². The summed E-state index contributed by atoms with van der Waals surface area (Å²) >= 11 is 5.86. The SMILES string of the molecule is Cc1cc(NC(=O)N2CCCC(C(C)O)C2)cnc1Cl. The van der Waals surface area contributed by atoms with Crippen LogP contribution in [0.15, 0.2) is 12.3 Å². The number of anilines is 1. The van der Waals surface area contributed by atoms with E-state index >= 15 is 0 Å². The fourth-order valence-corrected chi connectivity index (χ4v) is 2.52. The van der Waals surface area contributed by atoms with E-state index in [2.05, 4.69) is 10.3 Å². The molecule has 0 spiro atoms. The van der Waals surface area contributed by atoms with E-state index in [1.807, 2.05) is 6.92 Å². The van der Waals surface area contributed by atoms with E-state index in [9.17, 15) is 9.90 Å². The summed E-state index contributed by atoms with van der Waals surface area (Å²) in [6.07, 6.45) is 3.04. The third-order valence-corrected chi connectivity index (χ3v) is 4.09. The summed E-state index contributed by atoms with van der Waals surface area (Å²) in [4.78, 5) is 18.0. The van der Waals surface area contributed by atoms with Crippen LogP contribution >= 0.6 is 11.6 Å². The minimum absolute atomic E-state index is 0.152. The van der Waals surface area contributed by atoms with Crippen LogP contribution in [0.25, 0.3) is 0 Å². The number of likely N-dealkylation sites (tertiary alicyclic amines) is 1. The Kier molecular flexibility index (Phi) is 4.83. The molecule has 1 fully saturated rings. The number of urea groups is 1. The number of aryl methyl sites for hydroxylation is 1. The maximum Gasteiger partial charge on any atom is 0.321 e. The van der Waals surface area contributed by atoms with E-state index in [0.29, 0.717) is 17.4 Å². The lowest BCUT2D eigenvalue weighted by molar-refractivity contribution is 0.0766. The first-order valence-electron chi connectivity index (χ1n) is 6.83. The van der Waals surface area contributed by atoms with Crippen molar-refractivity contribution in [2.45, 2.75) is 32.8 Å². The van der Waals surface area contributed by atoms with Gasteiger partial charge in [0.05, 0.1) is 18.0 Å². The van der Waals surface area contributed by atoms with E-state index in [-0.39, 0.29) is 18.1 Å². The van der Waals surface area contributed by atoms with Crippen molar-refractivity contribution in [2.75, 3.05) is 18.4 Å². The van der Waals surface area contributed by atoms with Crippen LogP contribution in [-0.2, 0) is 0 Å². The van der Waals surface area contributed by atoms with Crippen molar-refractivity contribution in [1.82, 2.24) is 9.88 Å². The van der Waals surface area contributed by atoms with Gasteiger partial charge in [0.1, 0.15) is 5.15 Å². The molecule has 0 saturated carbocycles. The molecule has 2 amide bonds. The van der Waals surface area contributed by atoms with Crippen molar-refractivity contribution >= 4 is 23.3 Å². The van der Waals surface area contributed by atoms with Crippen molar-refractivity contribution in [1.29, 1.82) is 0 Å². The molecule has 0 radical (unpaired) electrons. The Balaban J connectivity index is 1.98. The number of hydrogen-bond acceptors (Lipinski definition) is 3. The second-order valence-corrected chi connectivity index (χ2v) is 5.71. The van der Waals surface area contributed by atoms with E-state index in [1.54, 1.807) is 24.1 Å². The Morgan fingerprint density at radius 1 is 1.65 bits per heavy atom. The second-order valence-electron chi connectivity index (χ2n) is 5.35. The van der Waals surface area contributed by atoms with Crippen LogP contribution in [0.1, 0.15) is 25.3 Å². The maximum absolute atomic E-state index is 12.2. The topological polar surface area (TPSA) is 65.5 Å². The lowest BCUT2D eigenvalue weighted by Gasteiger charge is -2.34. The van der Waals surface area contributed by atoms with Gasteiger partial charge >= 0.3 is 6.03 Å². The van der Waals surface area contributed by atoms with Gasteiger partial charge < -0.3 is 15.3 Å². The van der Waals surface area contributed by atoms with Crippen LogP contribution in [0.3, 0.4) is 0 Å². The van der Waals surface area contributed by atoms with Crippen molar-refractivity contribution in [2.24, 2.45) is 5.92 Å². The highest BCUT2D eigenvalue weighted by Crippen LogP contribution is 2.21. The molecule has 0 bridgehead atoms. The fourth-order valence-electron chi connectivity index (χ4n) is 2.42. The van der Waals surface area contributed by atoms with Gasteiger partial charge in [-0.15, -0.1) is 0 Å². The van der Waals surface area contributed by atoms with Gasteiger partial charge in [-0.25, -0.2) is 9.78 Å². The number of carbonyl (C=O) groups is 1. The van der Waals surface area contributed by atoms with Crippen LogP contribution in [0, 0.1) is 12.8 Å². The summed E-state index contributed by atoms with van der Waals surface area (Å²) in [6, 6.07) is 1.64. The number of rotatable bonds is 2. The highest BCUT2D eigenvalue weighted by atomic mass is 35.5. The second kappa shape index (κ2) is 6.41. The largest absolute Gasteiger partial charge is 0.393 e. The molecule has 0 aliphatic carbocycles. The quantitative estimate of drug-likeness (QED) is 0.825. The third kappa shape index (κ3) is 3.61. The summed E-state index contributed by atoms with van der Waals surface area (Å²) in [5.41, 5.74) is 1.46. The Morgan fingerprint density at radius 3 is 3.05 bits per heavy atom. The van der Waals surface area contributed by atoms with Gasteiger partial charge in [0.15, 0.2) is 0 Å². The Morgan fingerprint density at radius 2 is 2.40 bits per heavy atom. The summed E-state index contributed by atoms with van der Waals surface area (Å²) in [7, 11) is 0. The Hall–Kier alpha value is -1.33. The number of aromatic nitrogens is 1. The molecule has 2 atom stereocenters. The number of nitrogens with zero attached hydrogens (tertiary/aromatic N) is 2. The highest BCUT2D eigenvalue weighted by Gasteiger charge is 2.26. The van der Waals surface area contributed by atoms with E-state index in [0.717, 1.165) is 24.9 Å². The van der Waals surface area contributed by atoms with E-state index in [1.165, 1.54) is 0 Å². The summed E-state index contributed by atoms with van der Waals surface area (Å²) in [6.45, 7) is 4.92. The molecule has 0 aromatic carbocycles. The molecular formula is C14H20ClN3O2. The number of hydrogen-bond donors (Lipinski definition) is 2. The molecule has 2 N–H and O–H groups in total. The molecule has 110 valence electrons. The van der Waals surface area contributed by atoms with Gasteiger partial charge in [0.2, 0.25) is 0 Å². The zero-order chi connectivity index (χ0) is 14.7. The van der Waals surface area contributed by atoms with Gasteiger partial charge in [0.25, 0.3) is 0 Å². The smallest absolute Gasteiger partial charge is 0.321 e. The lowest BCUT2D eigenvalue weighted by Crippen LogP contribution is -2.44. The van der Waals surface area contributed by atoms with Crippen LogP contribution in [0.4, 0.5) is 10.5 Å². The molecule has 5 nitrogen and oxygen atoms in total. The van der Waals surface area contributed by atoms with E-state index in [4.69, 9.17) is 11.6 Å². The fraction of sp³-hybridized carbons (Fsp3) is 0.571. The van der Waals surface area contributed by atoms with E-state index < -0.39 is 0 Å². The number of amides is 2. The lowest BCUT2D eigenvalue weighted by atomic mass is 9.94. The first-order chi connectivity index (χ1) is 9.47. The van der Waals surface area contributed by atoms with Gasteiger partial charge in [-0.05, 0) is 38.3 Å². The minimum atomic E-state index is -0.384. The number of nitrogens with one attached hydrogen (secondary N) is 1. The van der Waals surface area contributed by atoms with Gasteiger partial charge in [-0.1, -0.05) is 11.6 Å². The first kappa shape index (κ1) is 15.1. The number of carbonyl (C=O) groups excluding carboxylic acids is 1.